The number of likely N-dealkylation sites (tertiary alicyclic amines) is 1. The van der Waals surface area contributed by atoms with Gasteiger partial charge in [-0.3, -0.25) is 9.78 Å². The number of rotatable bonds is 2. The van der Waals surface area contributed by atoms with Crippen LogP contribution in [0.2, 0.25) is 0 Å². The van der Waals surface area contributed by atoms with Crippen molar-refractivity contribution in [2.24, 2.45) is 5.73 Å². The van der Waals surface area contributed by atoms with Gasteiger partial charge in [-0.25, -0.2) is 0 Å². The lowest BCUT2D eigenvalue weighted by atomic mass is 10.1. The first kappa shape index (κ1) is 9.15. The predicted molar refractivity (Wildman–Crippen MR) is 52.5 cm³/mol. The Morgan fingerprint density at radius 2 is 2.14 bits per heavy atom. The molecular formula is C10H13N3O. The van der Waals surface area contributed by atoms with E-state index in [1.807, 2.05) is 12.1 Å². The van der Waals surface area contributed by atoms with Gasteiger partial charge in [0.05, 0.1) is 6.42 Å². The summed E-state index contributed by atoms with van der Waals surface area (Å²) in [5.74, 6) is 0.151. The molecule has 0 radical (unpaired) electrons. The van der Waals surface area contributed by atoms with E-state index in [4.69, 9.17) is 5.73 Å². The average molecular weight is 191 g/mol. The van der Waals surface area contributed by atoms with Gasteiger partial charge in [-0.1, -0.05) is 0 Å². The van der Waals surface area contributed by atoms with Crippen LogP contribution >= 0.6 is 0 Å². The molecule has 0 aliphatic carbocycles. The van der Waals surface area contributed by atoms with E-state index in [0.717, 1.165) is 5.56 Å². The molecular weight excluding hydrogens is 178 g/mol. The molecule has 4 nitrogen and oxygen atoms in total. The second kappa shape index (κ2) is 3.75. The smallest absolute Gasteiger partial charge is 0.227 e. The minimum Gasteiger partial charge on any atom is -0.339 e. The fraction of sp³-hybridized carbons (Fsp3) is 0.400. The van der Waals surface area contributed by atoms with Gasteiger partial charge in [0.15, 0.2) is 0 Å². The van der Waals surface area contributed by atoms with E-state index in [1.54, 1.807) is 17.3 Å². The molecule has 1 aliphatic rings. The van der Waals surface area contributed by atoms with Gasteiger partial charge in [-0.05, 0) is 17.7 Å². The second-order valence-electron chi connectivity index (χ2n) is 3.59. The number of pyridine rings is 1. The first-order valence-electron chi connectivity index (χ1n) is 4.68. The number of nitrogens with two attached hydrogens (primary N) is 1. The average Bonchev–Trinajstić information content (AvgIpc) is 2.14. The Morgan fingerprint density at radius 1 is 1.50 bits per heavy atom. The molecule has 0 aromatic carbocycles. The van der Waals surface area contributed by atoms with Gasteiger partial charge in [0, 0.05) is 31.5 Å². The third kappa shape index (κ3) is 1.90. The molecule has 14 heavy (non-hydrogen) atoms. The van der Waals surface area contributed by atoms with Crippen LogP contribution in [0.1, 0.15) is 5.56 Å². The topological polar surface area (TPSA) is 59.2 Å². The lowest BCUT2D eigenvalue weighted by molar-refractivity contribution is -0.134. The van der Waals surface area contributed by atoms with Crippen LogP contribution in [-0.2, 0) is 11.2 Å². The second-order valence-corrected chi connectivity index (χ2v) is 3.59. The molecule has 2 N–H and O–H groups in total. The van der Waals surface area contributed by atoms with Crippen molar-refractivity contribution in [1.82, 2.24) is 9.88 Å². The minimum atomic E-state index is 0.151. The first-order valence-corrected chi connectivity index (χ1v) is 4.68. The molecule has 0 bridgehead atoms. The van der Waals surface area contributed by atoms with Gasteiger partial charge in [0.2, 0.25) is 5.91 Å². The molecule has 1 aromatic rings. The molecule has 1 fully saturated rings. The monoisotopic (exact) mass is 191 g/mol. The standard InChI is InChI=1S/C10H13N3O/c11-9-6-13(7-9)10(14)5-8-1-3-12-4-2-8/h1-4,9H,5-7,11H2. The molecule has 74 valence electrons. The van der Waals surface area contributed by atoms with Gasteiger partial charge in [0.1, 0.15) is 0 Å². The van der Waals surface area contributed by atoms with E-state index in [2.05, 4.69) is 4.98 Å². The molecule has 2 rings (SSSR count). The number of amides is 1. The van der Waals surface area contributed by atoms with Crippen molar-refractivity contribution in [2.75, 3.05) is 13.1 Å². The van der Waals surface area contributed by atoms with Crippen molar-refractivity contribution in [3.8, 4) is 0 Å². The van der Waals surface area contributed by atoms with Gasteiger partial charge >= 0.3 is 0 Å². The van der Waals surface area contributed by atoms with Gasteiger partial charge < -0.3 is 10.6 Å². The zero-order valence-electron chi connectivity index (χ0n) is 7.89. The number of aromatic nitrogens is 1. The first-order chi connectivity index (χ1) is 6.75. The highest BCUT2D eigenvalue weighted by molar-refractivity contribution is 5.79. The molecule has 1 aliphatic heterocycles. The summed E-state index contributed by atoms with van der Waals surface area (Å²) in [5, 5.41) is 0. The van der Waals surface area contributed by atoms with Gasteiger partial charge in [-0.15, -0.1) is 0 Å². The van der Waals surface area contributed by atoms with Crippen LogP contribution in [0.3, 0.4) is 0 Å². The number of hydrogen-bond donors (Lipinski definition) is 1. The third-order valence-electron chi connectivity index (χ3n) is 2.37. The van der Waals surface area contributed by atoms with E-state index < -0.39 is 0 Å². The molecule has 0 unspecified atom stereocenters. The van der Waals surface area contributed by atoms with Gasteiger partial charge in [0.25, 0.3) is 0 Å². The molecule has 1 aromatic heterocycles. The Morgan fingerprint density at radius 3 is 2.71 bits per heavy atom. The summed E-state index contributed by atoms with van der Waals surface area (Å²) in [4.78, 5) is 17.3. The maximum absolute atomic E-state index is 11.6. The van der Waals surface area contributed by atoms with Crippen LogP contribution in [0.4, 0.5) is 0 Å². The molecule has 0 saturated carbocycles. The van der Waals surface area contributed by atoms with Gasteiger partial charge in [-0.2, -0.15) is 0 Å². The summed E-state index contributed by atoms with van der Waals surface area (Å²) < 4.78 is 0. The number of hydrogen-bond acceptors (Lipinski definition) is 3. The Balaban J connectivity index is 1.89. The van der Waals surface area contributed by atoms with E-state index in [0.29, 0.717) is 19.5 Å². The molecule has 2 heterocycles. The van der Waals surface area contributed by atoms with Crippen molar-refractivity contribution in [2.45, 2.75) is 12.5 Å². The van der Waals surface area contributed by atoms with Crippen LogP contribution in [0.25, 0.3) is 0 Å². The fourth-order valence-corrected chi connectivity index (χ4v) is 1.50. The third-order valence-corrected chi connectivity index (χ3v) is 2.37. The quantitative estimate of drug-likeness (QED) is 0.704. The summed E-state index contributed by atoms with van der Waals surface area (Å²) in [5.41, 5.74) is 6.60. The van der Waals surface area contributed by atoms with Crippen LogP contribution in [0, 0.1) is 0 Å². The minimum absolute atomic E-state index is 0.151. The highest BCUT2D eigenvalue weighted by atomic mass is 16.2. The van der Waals surface area contributed by atoms with Crippen molar-refractivity contribution < 1.29 is 4.79 Å². The Hall–Kier alpha value is -1.42. The zero-order valence-corrected chi connectivity index (χ0v) is 7.89. The molecule has 4 heteroatoms. The summed E-state index contributed by atoms with van der Waals surface area (Å²) in [7, 11) is 0. The normalized spacial score (nSPS) is 16.5. The van der Waals surface area contributed by atoms with Crippen molar-refractivity contribution in [3.63, 3.8) is 0 Å². The molecule has 1 saturated heterocycles. The summed E-state index contributed by atoms with van der Waals surface area (Å²) >= 11 is 0. The molecule has 1 amide bonds. The highest BCUT2D eigenvalue weighted by Crippen LogP contribution is 2.08. The molecule has 0 spiro atoms. The van der Waals surface area contributed by atoms with Crippen molar-refractivity contribution in [3.05, 3.63) is 30.1 Å². The fourth-order valence-electron chi connectivity index (χ4n) is 1.50. The Kier molecular flexibility index (Phi) is 2.45. The van der Waals surface area contributed by atoms with Crippen LogP contribution in [0.5, 0.6) is 0 Å². The SMILES string of the molecule is NC1CN(C(=O)Cc2ccncc2)C1. The van der Waals surface area contributed by atoms with E-state index >= 15 is 0 Å². The predicted octanol–water partition coefficient (Wildman–Crippen LogP) is -0.206. The summed E-state index contributed by atoms with van der Waals surface area (Å²) in [6, 6.07) is 3.89. The molecule has 0 atom stereocenters. The van der Waals surface area contributed by atoms with Crippen molar-refractivity contribution >= 4 is 5.91 Å². The summed E-state index contributed by atoms with van der Waals surface area (Å²) in [6.45, 7) is 1.40. The Bertz CT molecular complexity index is 319. The Labute approximate surface area is 82.7 Å². The van der Waals surface area contributed by atoms with Crippen LogP contribution < -0.4 is 5.73 Å². The van der Waals surface area contributed by atoms with Crippen molar-refractivity contribution in [1.29, 1.82) is 0 Å². The maximum Gasteiger partial charge on any atom is 0.227 e. The van der Waals surface area contributed by atoms with Crippen LogP contribution in [0.15, 0.2) is 24.5 Å². The zero-order chi connectivity index (χ0) is 9.97. The maximum atomic E-state index is 11.6. The number of nitrogens with zero attached hydrogens (tertiary/aromatic N) is 2. The highest BCUT2D eigenvalue weighted by Gasteiger charge is 2.27. The lowest BCUT2D eigenvalue weighted by Gasteiger charge is -2.36. The van der Waals surface area contributed by atoms with E-state index in [1.165, 1.54) is 0 Å². The number of carbonyl (C=O) groups excluding carboxylic acids is 1. The summed E-state index contributed by atoms with van der Waals surface area (Å²) in [6.07, 6.45) is 3.85. The van der Waals surface area contributed by atoms with Crippen LogP contribution in [-0.4, -0.2) is 34.9 Å². The van der Waals surface area contributed by atoms with E-state index in [-0.39, 0.29) is 11.9 Å². The lowest BCUT2D eigenvalue weighted by Crippen LogP contribution is -2.58. The number of carbonyl (C=O) groups is 1. The van der Waals surface area contributed by atoms with E-state index in [9.17, 15) is 4.79 Å². The largest absolute Gasteiger partial charge is 0.339 e.